The highest BCUT2D eigenvalue weighted by Gasteiger charge is 2.20. The molecule has 5 nitrogen and oxygen atoms in total. The molecular weight excluding hydrogens is 242 g/mol. The molecule has 0 aliphatic carbocycles. The third kappa shape index (κ3) is 7.50. The van der Waals surface area contributed by atoms with Crippen LogP contribution in [0, 0.1) is 5.92 Å². The van der Waals surface area contributed by atoms with E-state index < -0.39 is 0 Å². The summed E-state index contributed by atoms with van der Waals surface area (Å²) >= 11 is 0. The zero-order valence-corrected chi connectivity index (χ0v) is 12.4. The SMILES string of the molecule is CCNCC1CCCN(CC(=O)NCCCOC)C1. The second-order valence-corrected chi connectivity index (χ2v) is 5.25. The van der Waals surface area contributed by atoms with Crippen molar-refractivity contribution >= 4 is 5.91 Å². The molecular formula is C14H29N3O2. The number of ether oxygens (including phenoxy) is 1. The summed E-state index contributed by atoms with van der Waals surface area (Å²) in [5, 5.41) is 6.35. The Morgan fingerprint density at radius 1 is 1.47 bits per heavy atom. The van der Waals surface area contributed by atoms with Gasteiger partial charge in [0.1, 0.15) is 0 Å². The van der Waals surface area contributed by atoms with E-state index >= 15 is 0 Å². The molecule has 0 saturated carbocycles. The van der Waals surface area contributed by atoms with E-state index in [1.165, 1.54) is 12.8 Å². The minimum atomic E-state index is 0.139. The molecule has 0 bridgehead atoms. The minimum absolute atomic E-state index is 0.139. The van der Waals surface area contributed by atoms with E-state index in [4.69, 9.17) is 4.74 Å². The molecule has 0 radical (unpaired) electrons. The number of nitrogens with one attached hydrogen (secondary N) is 2. The Labute approximate surface area is 117 Å². The van der Waals surface area contributed by atoms with Crippen molar-refractivity contribution in [2.75, 3.05) is 53.0 Å². The number of amides is 1. The summed E-state index contributed by atoms with van der Waals surface area (Å²) in [6.07, 6.45) is 3.36. The van der Waals surface area contributed by atoms with Crippen LogP contribution in [0.2, 0.25) is 0 Å². The smallest absolute Gasteiger partial charge is 0.234 e. The highest BCUT2D eigenvalue weighted by Crippen LogP contribution is 2.15. The number of rotatable bonds is 9. The largest absolute Gasteiger partial charge is 0.385 e. The highest BCUT2D eigenvalue weighted by molar-refractivity contribution is 5.77. The van der Waals surface area contributed by atoms with E-state index in [0.717, 1.165) is 32.6 Å². The molecule has 0 spiro atoms. The molecule has 1 aliphatic heterocycles. The quantitative estimate of drug-likeness (QED) is 0.598. The van der Waals surface area contributed by atoms with Crippen LogP contribution in [0.4, 0.5) is 0 Å². The third-order valence-electron chi connectivity index (χ3n) is 3.50. The molecule has 0 aromatic heterocycles. The Morgan fingerprint density at radius 3 is 3.05 bits per heavy atom. The van der Waals surface area contributed by atoms with Crippen molar-refractivity contribution in [1.82, 2.24) is 15.5 Å². The molecule has 5 heteroatoms. The van der Waals surface area contributed by atoms with Gasteiger partial charge in [-0.25, -0.2) is 0 Å². The molecule has 0 aromatic rings. The normalized spacial score (nSPS) is 20.4. The van der Waals surface area contributed by atoms with E-state index in [1.54, 1.807) is 7.11 Å². The lowest BCUT2D eigenvalue weighted by molar-refractivity contribution is -0.122. The average molecular weight is 271 g/mol. The van der Waals surface area contributed by atoms with Gasteiger partial charge < -0.3 is 15.4 Å². The molecule has 0 aromatic carbocycles. The maximum absolute atomic E-state index is 11.8. The lowest BCUT2D eigenvalue weighted by Crippen LogP contribution is -2.44. The molecule has 1 fully saturated rings. The van der Waals surface area contributed by atoms with Crippen LogP contribution in [0.5, 0.6) is 0 Å². The third-order valence-corrected chi connectivity index (χ3v) is 3.50. The minimum Gasteiger partial charge on any atom is -0.385 e. The van der Waals surface area contributed by atoms with Crippen LogP contribution in [0.3, 0.4) is 0 Å². The van der Waals surface area contributed by atoms with Crippen molar-refractivity contribution in [3.63, 3.8) is 0 Å². The molecule has 1 atom stereocenters. The first-order valence-electron chi connectivity index (χ1n) is 7.45. The van der Waals surface area contributed by atoms with Gasteiger partial charge in [0, 0.05) is 26.8 Å². The number of carbonyl (C=O) groups is 1. The van der Waals surface area contributed by atoms with Crippen molar-refractivity contribution in [2.24, 2.45) is 5.92 Å². The van der Waals surface area contributed by atoms with Gasteiger partial charge in [-0.2, -0.15) is 0 Å². The fourth-order valence-electron chi connectivity index (χ4n) is 2.51. The summed E-state index contributed by atoms with van der Waals surface area (Å²) in [6, 6.07) is 0. The van der Waals surface area contributed by atoms with Crippen molar-refractivity contribution in [2.45, 2.75) is 26.2 Å². The van der Waals surface area contributed by atoms with Gasteiger partial charge in [0.15, 0.2) is 0 Å². The van der Waals surface area contributed by atoms with Gasteiger partial charge in [-0.1, -0.05) is 6.92 Å². The molecule has 112 valence electrons. The van der Waals surface area contributed by atoms with Gasteiger partial charge in [-0.05, 0) is 44.8 Å². The number of nitrogens with zero attached hydrogens (tertiary/aromatic N) is 1. The Kier molecular flexibility index (Phi) is 8.79. The van der Waals surface area contributed by atoms with Gasteiger partial charge in [-0.3, -0.25) is 9.69 Å². The second kappa shape index (κ2) is 10.2. The molecule has 19 heavy (non-hydrogen) atoms. The fraction of sp³-hybridized carbons (Fsp3) is 0.929. The van der Waals surface area contributed by atoms with Crippen LogP contribution in [0.1, 0.15) is 26.2 Å². The predicted molar refractivity (Wildman–Crippen MR) is 77.2 cm³/mol. The number of piperidine rings is 1. The summed E-state index contributed by atoms with van der Waals surface area (Å²) < 4.78 is 4.96. The van der Waals surface area contributed by atoms with E-state index in [2.05, 4.69) is 22.5 Å². The molecule has 1 aliphatic rings. The van der Waals surface area contributed by atoms with E-state index in [0.29, 0.717) is 25.6 Å². The van der Waals surface area contributed by atoms with E-state index in [9.17, 15) is 4.79 Å². The maximum atomic E-state index is 11.8. The first-order chi connectivity index (χ1) is 9.26. The van der Waals surface area contributed by atoms with Gasteiger partial charge in [-0.15, -0.1) is 0 Å². The number of hydrogen-bond donors (Lipinski definition) is 2. The van der Waals surface area contributed by atoms with Crippen molar-refractivity contribution in [3.05, 3.63) is 0 Å². The Hall–Kier alpha value is -0.650. The lowest BCUT2D eigenvalue weighted by atomic mass is 9.98. The van der Waals surface area contributed by atoms with Crippen LogP contribution in [-0.4, -0.2) is 63.8 Å². The van der Waals surface area contributed by atoms with E-state index in [-0.39, 0.29) is 5.91 Å². The van der Waals surface area contributed by atoms with Crippen LogP contribution >= 0.6 is 0 Å². The standard InChI is InChI=1S/C14H29N3O2/c1-3-15-10-13-6-4-8-17(11-13)12-14(18)16-7-5-9-19-2/h13,15H,3-12H2,1-2H3,(H,16,18). The monoisotopic (exact) mass is 271 g/mol. The summed E-state index contributed by atoms with van der Waals surface area (Å²) in [7, 11) is 1.68. The van der Waals surface area contributed by atoms with Gasteiger partial charge in [0.05, 0.1) is 6.54 Å². The zero-order valence-electron chi connectivity index (χ0n) is 12.4. The zero-order chi connectivity index (χ0) is 13.9. The van der Waals surface area contributed by atoms with Gasteiger partial charge in [0.25, 0.3) is 0 Å². The summed E-state index contributed by atoms with van der Waals surface area (Å²) in [4.78, 5) is 14.1. The number of methoxy groups -OCH3 is 1. The van der Waals surface area contributed by atoms with Crippen LogP contribution in [-0.2, 0) is 9.53 Å². The summed E-state index contributed by atoms with van der Waals surface area (Å²) in [6.45, 7) is 8.27. The Balaban J connectivity index is 2.14. The maximum Gasteiger partial charge on any atom is 0.234 e. The summed E-state index contributed by atoms with van der Waals surface area (Å²) in [5.41, 5.74) is 0. The molecule has 1 rings (SSSR count). The van der Waals surface area contributed by atoms with Crippen molar-refractivity contribution in [3.8, 4) is 0 Å². The number of likely N-dealkylation sites (tertiary alicyclic amines) is 1. The Morgan fingerprint density at radius 2 is 2.32 bits per heavy atom. The molecule has 1 saturated heterocycles. The first kappa shape index (κ1) is 16.4. The highest BCUT2D eigenvalue weighted by atomic mass is 16.5. The van der Waals surface area contributed by atoms with Crippen molar-refractivity contribution < 1.29 is 9.53 Å². The number of hydrogen-bond acceptors (Lipinski definition) is 4. The molecule has 1 unspecified atom stereocenters. The van der Waals surface area contributed by atoms with Crippen molar-refractivity contribution in [1.29, 1.82) is 0 Å². The first-order valence-corrected chi connectivity index (χ1v) is 7.45. The van der Waals surface area contributed by atoms with Gasteiger partial charge in [0.2, 0.25) is 5.91 Å². The topological polar surface area (TPSA) is 53.6 Å². The molecule has 1 amide bonds. The predicted octanol–water partition coefficient (Wildman–Crippen LogP) is 0.461. The fourth-order valence-corrected chi connectivity index (χ4v) is 2.51. The molecule has 1 heterocycles. The molecule has 2 N–H and O–H groups in total. The lowest BCUT2D eigenvalue weighted by Gasteiger charge is -2.32. The van der Waals surface area contributed by atoms with E-state index in [1.807, 2.05) is 0 Å². The number of carbonyl (C=O) groups excluding carboxylic acids is 1. The Bertz CT molecular complexity index is 249. The second-order valence-electron chi connectivity index (χ2n) is 5.25. The summed E-state index contributed by atoms with van der Waals surface area (Å²) in [5.74, 6) is 0.829. The van der Waals surface area contributed by atoms with Crippen LogP contribution in [0.25, 0.3) is 0 Å². The van der Waals surface area contributed by atoms with Gasteiger partial charge >= 0.3 is 0 Å². The van der Waals surface area contributed by atoms with Crippen LogP contribution in [0.15, 0.2) is 0 Å². The van der Waals surface area contributed by atoms with Crippen LogP contribution < -0.4 is 10.6 Å². The average Bonchev–Trinajstić information content (AvgIpc) is 2.42.